The van der Waals surface area contributed by atoms with E-state index < -0.39 is 10.0 Å². The zero-order chi connectivity index (χ0) is 12.9. The molecule has 1 aromatic rings. The van der Waals surface area contributed by atoms with Crippen molar-refractivity contribution in [2.75, 3.05) is 13.6 Å². The normalized spacial score (nSPS) is 10.8. The van der Waals surface area contributed by atoms with Gasteiger partial charge in [0, 0.05) is 20.0 Å². The molecule has 0 amide bonds. The summed E-state index contributed by atoms with van der Waals surface area (Å²) in [5, 5.41) is 17.1. The molecule has 0 aliphatic carbocycles. The minimum absolute atomic E-state index is 0.0667. The lowest BCUT2D eigenvalue weighted by Gasteiger charge is -2.15. The lowest BCUT2D eigenvalue weighted by Crippen LogP contribution is -2.27. The van der Waals surface area contributed by atoms with Crippen molar-refractivity contribution in [3.05, 3.63) is 29.8 Å². The molecule has 0 bridgehead atoms. The number of nitrogens with zero attached hydrogens (tertiary/aromatic N) is 3. The van der Waals surface area contributed by atoms with Gasteiger partial charge in [0.05, 0.1) is 22.6 Å². The molecule has 0 N–H and O–H groups in total. The zero-order valence-corrected chi connectivity index (χ0v) is 10.1. The Kier molecular flexibility index (Phi) is 4.22. The van der Waals surface area contributed by atoms with Gasteiger partial charge < -0.3 is 0 Å². The van der Waals surface area contributed by atoms with Crippen molar-refractivity contribution in [1.29, 1.82) is 10.5 Å². The lowest BCUT2D eigenvalue weighted by atomic mass is 10.2. The van der Waals surface area contributed by atoms with E-state index in [1.54, 1.807) is 0 Å². The van der Waals surface area contributed by atoms with Crippen molar-refractivity contribution in [2.24, 2.45) is 0 Å². The maximum Gasteiger partial charge on any atom is 0.242 e. The van der Waals surface area contributed by atoms with Crippen LogP contribution < -0.4 is 0 Å². The zero-order valence-electron chi connectivity index (χ0n) is 9.29. The Hall–Kier alpha value is -1.89. The van der Waals surface area contributed by atoms with E-state index in [2.05, 4.69) is 0 Å². The van der Waals surface area contributed by atoms with Gasteiger partial charge in [-0.05, 0) is 18.2 Å². The van der Waals surface area contributed by atoms with Gasteiger partial charge in [-0.2, -0.15) is 14.8 Å². The van der Waals surface area contributed by atoms with E-state index in [-0.39, 0.29) is 17.9 Å². The molecule has 0 aliphatic heterocycles. The highest BCUT2D eigenvalue weighted by Crippen LogP contribution is 2.15. The second-order valence-corrected chi connectivity index (χ2v) is 5.42. The number of sulfonamides is 1. The predicted molar refractivity (Wildman–Crippen MR) is 61.2 cm³/mol. The monoisotopic (exact) mass is 249 g/mol. The summed E-state index contributed by atoms with van der Waals surface area (Å²) < 4.78 is 25.1. The Bertz CT molecular complexity index is 581. The Morgan fingerprint density at radius 3 is 2.65 bits per heavy atom. The number of rotatable bonds is 4. The average Bonchev–Trinajstić information content (AvgIpc) is 2.35. The second kappa shape index (κ2) is 5.44. The van der Waals surface area contributed by atoms with Gasteiger partial charge in [0.15, 0.2) is 0 Å². The molecular formula is C11H11N3O2S. The summed E-state index contributed by atoms with van der Waals surface area (Å²) in [5.41, 5.74) is 0.291. The van der Waals surface area contributed by atoms with Crippen LogP contribution >= 0.6 is 0 Å². The first-order chi connectivity index (χ1) is 8.02. The van der Waals surface area contributed by atoms with Gasteiger partial charge in [0.1, 0.15) is 0 Å². The number of hydrogen-bond donors (Lipinski definition) is 0. The van der Waals surface area contributed by atoms with Crippen LogP contribution in [0, 0.1) is 22.7 Å². The molecule has 0 heterocycles. The van der Waals surface area contributed by atoms with E-state index in [4.69, 9.17) is 10.5 Å². The first-order valence-corrected chi connectivity index (χ1v) is 6.30. The van der Waals surface area contributed by atoms with Gasteiger partial charge in [-0.3, -0.25) is 0 Å². The average molecular weight is 249 g/mol. The summed E-state index contributed by atoms with van der Waals surface area (Å²) in [6, 6.07) is 9.57. The van der Waals surface area contributed by atoms with E-state index >= 15 is 0 Å². The van der Waals surface area contributed by atoms with Crippen molar-refractivity contribution in [3.63, 3.8) is 0 Å². The van der Waals surface area contributed by atoms with Crippen LogP contribution in [0.2, 0.25) is 0 Å². The molecular weight excluding hydrogens is 238 g/mol. The minimum atomic E-state index is -3.61. The summed E-state index contributed by atoms with van der Waals surface area (Å²) >= 11 is 0. The third-order valence-corrected chi connectivity index (χ3v) is 4.06. The Morgan fingerprint density at radius 2 is 2.06 bits per heavy atom. The number of nitriles is 2. The topological polar surface area (TPSA) is 85.0 Å². The minimum Gasteiger partial charge on any atom is -0.207 e. The van der Waals surface area contributed by atoms with Gasteiger partial charge >= 0.3 is 0 Å². The van der Waals surface area contributed by atoms with Crippen LogP contribution in [-0.4, -0.2) is 26.3 Å². The molecule has 0 radical (unpaired) electrons. The first kappa shape index (κ1) is 13.2. The van der Waals surface area contributed by atoms with Gasteiger partial charge in [0.25, 0.3) is 0 Å². The van der Waals surface area contributed by atoms with E-state index in [1.807, 2.05) is 12.1 Å². The predicted octanol–water partition coefficient (Wildman–Crippen LogP) is 1.09. The molecule has 0 unspecified atom stereocenters. The summed E-state index contributed by atoms with van der Waals surface area (Å²) in [6.45, 7) is 0.135. The highest BCUT2D eigenvalue weighted by atomic mass is 32.2. The molecule has 0 saturated carbocycles. The molecule has 1 rings (SSSR count). The van der Waals surface area contributed by atoms with E-state index in [0.717, 1.165) is 4.31 Å². The van der Waals surface area contributed by atoms with Gasteiger partial charge in [0.2, 0.25) is 10.0 Å². The van der Waals surface area contributed by atoms with Crippen LogP contribution in [0.5, 0.6) is 0 Å². The highest BCUT2D eigenvalue weighted by Gasteiger charge is 2.20. The Balaban J connectivity index is 3.06. The molecule has 5 nitrogen and oxygen atoms in total. The van der Waals surface area contributed by atoms with Crippen LogP contribution in [0.25, 0.3) is 0 Å². The van der Waals surface area contributed by atoms with Crippen molar-refractivity contribution in [2.45, 2.75) is 11.3 Å². The molecule has 17 heavy (non-hydrogen) atoms. The summed E-state index contributed by atoms with van der Waals surface area (Å²) in [7, 11) is -2.20. The lowest BCUT2D eigenvalue weighted by molar-refractivity contribution is 0.476. The quantitative estimate of drug-likeness (QED) is 0.799. The number of benzene rings is 1. The van der Waals surface area contributed by atoms with Gasteiger partial charge in [-0.15, -0.1) is 0 Å². The molecule has 0 spiro atoms. The molecule has 88 valence electrons. The molecule has 0 fully saturated rings. The van der Waals surface area contributed by atoms with E-state index in [1.165, 1.54) is 31.3 Å². The van der Waals surface area contributed by atoms with Crippen molar-refractivity contribution in [1.82, 2.24) is 4.31 Å². The van der Waals surface area contributed by atoms with Crippen LogP contribution in [0.4, 0.5) is 0 Å². The molecule has 1 aromatic carbocycles. The maximum absolute atomic E-state index is 12.0. The molecule has 0 saturated heterocycles. The summed E-state index contributed by atoms with van der Waals surface area (Å²) in [5.74, 6) is 0. The molecule has 0 aromatic heterocycles. The summed E-state index contributed by atoms with van der Waals surface area (Å²) in [4.78, 5) is 0.0667. The smallest absolute Gasteiger partial charge is 0.207 e. The van der Waals surface area contributed by atoms with Crippen LogP contribution in [0.1, 0.15) is 12.0 Å². The van der Waals surface area contributed by atoms with Gasteiger partial charge in [-0.1, -0.05) is 6.07 Å². The number of hydrogen-bond acceptors (Lipinski definition) is 4. The standard InChI is InChI=1S/C11H11N3O2S/c1-14(7-3-6-12)17(15,16)11-5-2-4-10(8-11)9-13/h2,4-5,8H,3,7H2,1H3. The Labute approximate surface area is 101 Å². The van der Waals surface area contributed by atoms with Crippen molar-refractivity contribution < 1.29 is 8.42 Å². The second-order valence-electron chi connectivity index (χ2n) is 3.37. The van der Waals surface area contributed by atoms with Crippen LogP contribution in [-0.2, 0) is 10.0 Å². The van der Waals surface area contributed by atoms with E-state index in [0.29, 0.717) is 5.56 Å². The highest BCUT2D eigenvalue weighted by molar-refractivity contribution is 7.89. The first-order valence-electron chi connectivity index (χ1n) is 4.86. The SMILES string of the molecule is CN(CCC#N)S(=O)(=O)c1cccc(C#N)c1. The maximum atomic E-state index is 12.0. The fourth-order valence-electron chi connectivity index (χ4n) is 1.23. The molecule has 6 heteroatoms. The van der Waals surface area contributed by atoms with E-state index in [9.17, 15) is 8.42 Å². The van der Waals surface area contributed by atoms with Crippen molar-refractivity contribution in [3.8, 4) is 12.1 Å². The third-order valence-electron chi connectivity index (χ3n) is 2.21. The molecule has 0 aliphatic rings. The fraction of sp³-hybridized carbons (Fsp3) is 0.273. The van der Waals surface area contributed by atoms with Crippen LogP contribution in [0.15, 0.2) is 29.2 Å². The third kappa shape index (κ3) is 3.04. The van der Waals surface area contributed by atoms with Crippen LogP contribution in [0.3, 0.4) is 0 Å². The molecule has 0 atom stereocenters. The Morgan fingerprint density at radius 1 is 1.35 bits per heavy atom. The summed E-state index contributed by atoms with van der Waals surface area (Å²) in [6.07, 6.45) is 0.133. The van der Waals surface area contributed by atoms with Gasteiger partial charge in [-0.25, -0.2) is 8.42 Å². The van der Waals surface area contributed by atoms with Crippen molar-refractivity contribution >= 4 is 10.0 Å². The fourth-order valence-corrected chi connectivity index (χ4v) is 2.45. The largest absolute Gasteiger partial charge is 0.242 e.